The summed E-state index contributed by atoms with van der Waals surface area (Å²) >= 11 is 0. The van der Waals surface area contributed by atoms with Gasteiger partial charge in [0.25, 0.3) is 0 Å². The van der Waals surface area contributed by atoms with Crippen molar-refractivity contribution in [3.63, 3.8) is 0 Å². The fourth-order valence-corrected chi connectivity index (χ4v) is 2.87. The number of likely N-dealkylation sites (N-methyl/N-ethyl adjacent to an activating group) is 1. The second kappa shape index (κ2) is 8.15. The van der Waals surface area contributed by atoms with E-state index in [1.807, 2.05) is 16.5 Å². The van der Waals surface area contributed by atoms with E-state index in [-0.39, 0.29) is 17.8 Å². The van der Waals surface area contributed by atoms with Crippen molar-refractivity contribution < 1.29 is 10.2 Å². The average molecular weight is 306 g/mol. The molecule has 2 rings (SSSR count). The third-order valence-electron chi connectivity index (χ3n) is 4.17. The van der Waals surface area contributed by atoms with Crippen molar-refractivity contribution in [1.82, 2.24) is 9.47 Å². The summed E-state index contributed by atoms with van der Waals surface area (Å²) in [6.45, 7) is 1.99. The maximum atomic E-state index is 11.7. The summed E-state index contributed by atoms with van der Waals surface area (Å²) < 4.78 is 1.96. The molecule has 0 radical (unpaired) electrons. The van der Waals surface area contributed by atoms with Gasteiger partial charge in [-0.3, -0.25) is 9.69 Å². The Morgan fingerprint density at radius 1 is 1.36 bits per heavy atom. The number of aliphatic hydroxyl groups is 1. The maximum Gasteiger partial charge on any atom is 0.223 e. The van der Waals surface area contributed by atoms with Crippen LogP contribution in [0.1, 0.15) is 37.8 Å². The lowest BCUT2D eigenvalue weighted by atomic mass is 9.97. The van der Waals surface area contributed by atoms with Crippen LogP contribution in [0.15, 0.2) is 28.7 Å². The van der Waals surface area contributed by atoms with Crippen molar-refractivity contribution in [2.24, 2.45) is 0 Å². The van der Waals surface area contributed by atoms with E-state index in [1.54, 1.807) is 0 Å². The first-order valence-electron chi connectivity index (χ1n) is 8.00. The molecule has 1 aromatic rings. The molecule has 122 valence electrons. The fraction of sp³-hybridized carbons (Fsp3) is 0.588. The Morgan fingerprint density at radius 3 is 2.86 bits per heavy atom. The van der Waals surface area contributed by atoms with Crippen molar-refractivity contribution in [3.8, 4) is 5.75 Å². The van der Waals surface area contributed by atoms with Crippen LogP contribution < -0.4 is 5.43 Å². The van der Waals surface area contributed by atoms with Crippen LogP contribution in [-0.4, -0.2) is 39.9 Å². The lowest BCUT2D eigenvalue weighted by Gasteiger charge is -2.20. The third kappa shape index (κ3) is 4.71. The van der Waals surface area contributed by atoms with E-state index in [4.69, 9.17) is 5.11 Å². The normalized spacial score (nSPS) is 15.1. The zero-order valence-electron chi connectivity index (χ0n) is 13.3. The smallest absolute Gasteiger partial charge is 0.223 e. The van der Waals surface area contributed by atoms with Crippen LogP contribution in [0, 0.1) is 0 Å². The lowest BCUT2D eigenvalue weighted by molar-refractivity contribution is 0.214. The number of hydrogen-bond donors (Lipinski definition) is 2. The summed E-state index contributed by atoms with van der Waals surface area (Å²) in [5, 5.41) is 18.7. The highest BCUT2D eigenvalue weighted by atomic mass is 16.3. The first-order chi connectivity index (χ1) is 10.6. The van der Waals surface area contributed by atoms with Gasteiger partial charge in [0, 0.05) is 31.4 Å². The van der Waals surface area contributed by atoms with E-state index in [0.717, 1.165) is 31.5 Å². The molecule has 1 aliphatic rings. The van der Waals surface area contributed by atoms with Crippen LogP contribution in [0.5, 0.6) is 5.75 Å². The van der Waals surface area contributed by atoms with Crippen LogP contribution >= 0.6 is 0 Å². The van der Waals surface area contributed by atoms with Crippen molar-refractivity contribution in [3.05, 3.63) is 39.8 Å². The Bertz CT molecular complexity index is 578. The summed E-state index contributed by atoms with van der Waals surface area (Å²) in [6.07, 6.45) is 9.67. The summed E-state index contributed by atoms with van der Waals surface area (Å²) in [7, 11) is 1.90. The molecule has 0 spiro atoms. The predicted octanol–water partition coefficient (Wildman–Crippen LogP) is 1.87. The zero-order valence-corrected chi connectivity index (χ0v) is 13.3. The molecule has 1 aromatic heterocycles. The minimum atomic E-state index is -0.347. The molecule has 0 unspecified atom stereocenters. The van der Waals surface area contributed by atoms with Gasteiger partial charge in [0.2, 0.25) is 5.43 Å². The number of nitrogens with zero attached hydrogens (tertiary/aromatic N) is 2. The molecule has 0 saturated heterocycles. The molecule has 0 saturated carbocycles. The molecule has 0 aromatic carbocycles. The van der Waals surface area contributed by atoms with Crippen molar-refractivity contribution in [2.45, 2.75) is 45.2 Å². The van der Waals surface area contributed by atoms with E-state index >= 15 is 0 Å². The van der Waals surface area contributed by atoms with Gasteiger partial charge in [0.1, 0.15) is 0 Å². The van der Waals surface area contributed by atoms with Gasteiger partial charge in [0.15, 0.2) is 5.75 Å². The second-order valence-electron chi connectivity index (χ2n) is 6.03. The topological polar surface area (TPSA) is 65.7 Å². The second-order valence-corrected chi connectivity index (χ2v) is 6.03. The van der Waals surface area contributed by atoms with Gasteiger partial charge in [0.05, 0.1) is 12.8 Å². The molecular weight excluding hydrogens is 280 g/mol. The molecule has 1 heterocycles. The summed E-state index contributed by atoms with van der Waals surface area (Å²) in [5.74, 6) is -0.203. The molecule has 0 bridgehead atoms. The third-order valence-corrected chi connectivity index (χ3v) is 4.17. The first-order valence-corrected chi connectivity index (χ1v) is 8.00. The predicted molar refractivity (Wildman–Crippen MR) is 87.0 cm³/mol. The first kappa shape index (κ1) is 16.8. The Morgan fingerprint density at radius 2 is 2.18 bits per heavy atom. The van der Waals surface area contributed by atoms with Gasteiger partial charge in [-0.05, 0) is 39.2 Å². The monoisotopic (exact) mass is 306 g/mol. The Kier molecular flexibility index (Phi) is 6.21. The van der Waals surface area contributed by atoms with Gasteiger partial charge >= 0.3 is 0 Å². The van der Waals surface area contributed by atoms with E-state index < -0.39 is 0 Å². The molecular formula is C17H26N2O3. The number of aromatic hydroxyl groups is 1. The van der Waals surface area contributed by atoms with Crippen molar-refractivity contribution in [1.29, 1.82) is 0 Å². The average Bonchev–Trinajstić information content (AvgIpc) is 2.50. The zero-order chi connectivity index (χ0) is 15.9. The van der Waals surface area contributed by atoms with Crippen LogP contribution in [0.2, 0.25) is 0 Å². The van der Waals surface area contributed by atoms with Crippen LogP contribution in [0.4, 0.5) is 0 Å². The van der Waals surface area contributed by atoms with E-state index in [0.29, 0.717) is 13.1 Å². The number of rotatable bonds is 7. The number of hydrogen-bond acceptors (Lipinski definition) is 4. The number of aryl methyl sites for hydroxylation is 1. The summed E-state index contributed by atoms with van der Waals surface area (Å²) in [4.78, 5) is 13.7. The quantitative estimate of drug-likeness (QED) is 0.755. The lowest BCUT2D eigenvalue weighted by Crippen LogP contribution is -2.25. The van der Waals surface area contributed by atoms with Crippen LogP contribution in [0.3, 0.4) is 0 Å². The molecule has 0 aliphatic heterocycles. The Balaban J connectivity index is 2.11. The number of aromatic nitrogens is 1. The van der Waals surface area contributed by atoms with Gasteiger partial charge in [-0.2, -0.15) is 0 Å². The van der Waals surface area contributed by atoms with Crippen molar-refractivity contribution >= 4 is 0 Å². The standard InChI is InChI=1S/C17H26N2O3/c1-18(9-10-20)12-15-11-16(21)17(22)13-19(15)8-7-14-5-3-2-4-6-14/h5,11,13,20,22H,2-4,6-10,12H2,1H3. The number of aliphatic hydroxyl groups excluding tert-OH is 1. The van der Waals surface area contributed by atoms with Gasteiger partial charge in [-0.1, -0.05) is 11.6 Å². The van der Waals surface area contributed by atoms with Gasteiger partial charge < -0.3 is 14.8 Å². The Hall–Kier alpha value is -1.59. The molecule has 5 heteroatoms. The minimum Gasteiger partial charge on any atom is -0.503 e. The maximum absolute atomic E-state index is 11.7. The van der Waals surface area contributed by atoms with Gasteiger partial charge in [-0.25, -0.2) is 0 Å². The van der Waals surface area contributed by atoms with E-state index in [2.05, 4.69) is 6.08 Å². The highest BCUT2D eigenvalue weighted by Crippen LogP contribution is 2.21. The molecule has 0 fully saturated rings. The summed E-state index contributed by atoms with van der Waals surface area (Å²) in [6, 6.07) is 1.50. The number of allylic oxidation sites excluding steroid dienone is 2. The molecule has 5 nitrogen and oxygen atoms in total. The molecule has 22 heavy (non-hydrogen) atoms. The number of pyridine rings is 1. The molecule has 2 N–H and O–H groups in total. The van der Waals surface area contributed by atoms with E-state index in [9.17, 15) is 9.90 Å². The minimum absolute atomic E-state index is 0.0890. The fourth-order valence-electron chi connectivity index (χ4n) is 2.87. The summed E-state index contributed by atoms with van der Waals surface area (Å²) in [5.41, 5.74) is 2.00. The van der Waals surface area contributed by atoms with E-state index in [1.165, 1.54) is 30.7 Å². The highest BCUT2D eigenvalue weighted by molar-refractivity contribution is 5.20. The molecule has 0 atom stereocenters. The van der Waals surface area contributed by atoms with Crippen LogP contribution in [0.25, 0.3) is 0 Å². The van der Waals surface area contributed by atoms with Crippen molar-refractivity contribution in [2.75, 3.05) is 20.2 Å². The highest BCUT2D eigenvalue weighted by Gasteiger charge is 2.10. The van der Waals surface area contributed by atoms with Crippen LogP contribution in [-0.2, 0) is 13.1 Å². The Labute approximate surface area is 131 Å². The van der Waals surface area contributed by atoms with Gasteiger partial charge in [-0.15, -0.1) is 0 Å². The SMILES string of the molecule is CN(CCO)Cc1cc(=O)c(O)cn1CCC1=CCCCC1. The largest absolute Gasteiger partial charge is 0.503 e. The molecule has 0 amide bonds. The molecule has 1 aliphatic carbocycles.